The number of benzene rings is 2. The first kappa shape index (κ1) is 21.2. The largest absolute Gasteiger partial charge is 0.366 e. The molecule has 7 nitrogen and oxygen atoms in total. The Morgan fingerprint density at radius 3 is 2.34 bits per heavy atom. The highest BCUT2D eigenvalue weighted by atomic mass is 16.2. The van der Waals surface area contributed by atoms with Crippen molar-refractivity contribution in [2.24, 2.45) is 0 Å². The summed E-state index contributed by atoms with van der Waals surface area (Å²) in [6.45, 7) is 2.95. The van der Waals surface area contributed by atoms with Crippen molar-refractivity contribution in [2.75, 3.05) is 31.1 Å². The van der Waals surface area contributed by atoms with Gasteiger partial charge in [-0.2, -0.15) is 0 Å². The minimum Gasteiger partial charge on any atom is -0.366 e. The van der Waals surface area contributed by atoms with Crippen LogP contribution in [0.2, 0.25) is 0 Å². The minimum absolute atomic E-state index is 0.0306. The van der Waals surface area contributed by atoms with Crippen molar-refractivity contribution >= 4 is 33.4 Å². The Labute approximate surface area is 202 Å². The monoisotopic (exact) mass is 463 g/mol. The number of rotatable bonds is 4. The zero-order valence-electron chi connectivity index (χ0n) is 19.2. The second-order valence-electron chi connectivity index (χ2n) is 8.79. The van der Waals surface area contributed by atoms with Gasteiger partial charge in [-0.3, -0.25) is 14.2 Å². The van der Waals surface area contributed by atoms with Crippen LogP contribution in [0.15, 0.2) is 96.2 Å². The Morgan fingerprint density at radius 1 is 0.771 bits per heavy atom. The summed E-state index contributed by atoms with van der Waals surface area (Å²) in [6.07, 6.45) is 5.52. The highest BCUT2D eigenvalue weighted by Crippen LogP contribution is 2.25. The predicted molar refractivity (Wildman–Crippen MR) is 138 cm³/mol. The fourth-order valence-electron chi connectivity index (χ4n) is 4.90. The molecule has 1 saturated heterocycles. The van der Waals surface area contributed by atoms with Crippen molar-refractivity contribution in [3.63, 3.8) is 0 Å². The van der Waals surface area contributed by atoms with Crippen LogP contribution in [0.3, 0.4) is 0 Å². The predicted octanol–water partition coefficient (Wildman–Crippen LogP) is 3.69. The summed E-state index contributed by atoms with van der Waals surface area (Å²) in [5.41, 5.74) is 2.65. The van der Waals surface area contributed by atoms with Gasteiger partial charge >= 0.3 is 0 Å². The summed E-state index contributed by atoms with van der Waals surface area (Å²) >= 11 is 0. The molecule has 1 aliphatic rings. The summed E-state index contributed by atoms with van der Waals surface area (Å²) in [7, 11) is 0. The van der Waals surface area contributed by atoms with E-state index in [1.54, 1.807) is 10.8 Å². The minimum atomic E-state index is -0.0306. The molecular formula is C28H25N5O2. The molecule has 6 rings (SSSR count). The quantitative estimate of drug-likeness (QED) is 0.408. The van der Waals surface area contributed by atoms with E-state index < -0.39 is 0 Å². The molecule has 3 aromatic heterocycles. The van der Waals surface area contributed by atoms with E-state index >= 15 is 0 Å². The average Bonchev–Trinajstić information content (AvgIpc) is 3.32. The van der Waals surface area contributed by atoms with E-state index in [1.165, 1.54) is 0 Å². The van der Waals surface area contributed by atoms with Gasteiger partial charge in [-0.05, 0) is 47.9 Å². The Morgan fingerprint density at radius 2 is 1.49 bits per heavy atom. The molecule has 2 aromatic carbocycles. The number of nitrogens with zero attached hydrogens (tertiary/aromatic N) is 5. The van der Waals surface area contributed by atoms with Gasteiger partial charge in [-0.25, -0.2) is 4.98 Å². The summed E-state index contributed by atoms with van der Waals surface area (Å²) in [4.78, 5) is 34.8. The molecule has 1 aliphatic heterocycles. The van der Waals surface area contributed by atoms with Crippen molar-refractivity contribution in [3.8, 4) is 5.69 Å². The zero-order valence-corrected chi connectivity index (χ0v) is 19.2. The number of fused-ring (bicyclic) bond motifs is 2. The first-order valence-corrected chi connectivity index (χ1v) is 11.8. The number of piperazine rings is 1. The topological polar surface area (TPSA) is 63.4 Å². The van der Waals surface area contributed by atoms with Crippen LogP contribution in [-0.2, 0) is 11.3 Å². The maximum atomic E-state index is 13.2. The van der Waals surface area contributed by atoms with Crippen molar-refractivity contribution in [3.05, 3.63) is 102 Å². The number of hydrogen-bond acceptors (Lipinski definition) is 4. The number of hydrogen-bond donors (Lipinski definition) is 0. The van der Waals surface area contributed by atoms with Gasteiger partial charge in [0.2, 0.25) is 5.91 Å². The normalized spacial score (nSPS) is 14.1. The fraction of sp³-hybridized carbons (Fsp3) is 0.179. The van der Waals surface area contributed by atoms with Gasteiger partial charge < -0.3 is 14.4 Å². The van der Waals surface area contributed by atoms with Gasteiger partial charge in [0.15, 0.2) is 0 Å². The molecule has 0 spiro atoms. The SMILES string of the molecule is O=C(Cn1ccc2cccnc21)N1CCN(c2ccccc2-n2ccc3ccccc3c2=O)CC1. The van der Waals surface area contributed by atoms with Crippen molar-refractivity contribution in [2.45, 2.75) is 6.54 Å². The molecular weight excluding hydrogens is 438 g/mol. The second kappa shape index (κ2) is 8.76. The highest BCUT2D eigenvalue weighted by Gasteiger charge is 2.23. The van der Waals surface area contributed by atoms with Crippen LogP contribution in [0.1, 0.15) is 0 Å². The van der Waals surface area contributed by atoms with Crippen molar-refractivity contribution in [1.82, 2.24) is 19.0 Å². The molecule has 1 amide bonds. The molecule has 174 valence electrons. The van der Waals surface area contributed by atoms with Gasteiger partial charge in [-0.1, -0.05) is 30.3 Å². The van der Waals surface area contributed by atoms with E-state index in [0.717, 1.165) is 27.8 Å². The standard InChI is InChI=1S/C28H25N5O2/c34-26(20-32-14-11-22-7-5-13-29-27(22)32)31-18-16-30(17-19-31)24-9-3-4-10-25(24)33-15-12-21-6-1-2-8-23(21)28(33)35/h1-15H,16-20H2. The Bertz CT molecular complexity index is 1590. The van der Waals surface area contributed by atoms with Crippen LogP contribution < -0.4 is 10.5 Å². The Balaban J connectivity index is 1.21. The number of amides is 1. The van der Waals surface area contributed by atoms with Crippen molar-refractivity contribution in [1.29, 1.82) is 0 Å². The summed E-state index contributed by atoms with van der Waals surface area (Å²) < 4.78 is 3.63. The number of anilines is 1. The maximum Gasteiger partial charge on any atom is 0.263 e. The molecule has 0 saturated carbocycles. The summed E-state index contributed by atoms with van der Waals surface area (Å²) in [5, 5.41) is 2.67. The molecule has 0 bridgehead atoms. The fourth-order valence-corrected chi connectivity index (χ4v) is 4.90. The van der Waals surface area contributed by atoms with Crippen LogP contribution in [0, 0.1) is 0 Å². The number of carbonyl (C=O) groups is 1. The van der Waals surface area contributed by atoms with E-state index in [2.05, 4.69) is 9.88 Å². The van der Waals surface area contributed by atoms with Gasteiger partial charge in [-0.15, -0.1) is 0 Å². The number of carbonyl (C=O) groups excluding carboxylic acids is 1. The molecule has 5 aromatic rings. The van der Waals surface area contributed by atoms with Crippen LogP contribution in [0.25, 0.3) is 27.5 Å². The first-order valence-electron chi connectivity index (χ1n) is 11.8. The van der Waals surface area contributed by atoms with E-state index in [1.807, 2.05) is 94.7 Å². The molecule has 0 atom stereocenters. The third kappa shape index (κ3) is 3.85. The summed E-state index contributed by atoms with van der Waals surface area (Å²) in [6, 6.07) is 23.5. The molecule has 35 heavy (non-hydrogen) atoms. The first-order chi connectivity index (χ1) is 17.2. The lowest BCUT2D eigenvalue weighted by molar-refractivity contribution is -0.132. The van der Waals surface area contributed by atoms with E-state index in [0.29, 0.717) is 31.6 Å². The van der Waals surface area contributed by atoms with Crippen LogP contribution in [-0.4, -0.2) is 51.1 Å². The molecule has 0 aliphatic carbocycles. The highest BCUT2D eigenvalue weighted by molar-refractivity contribution is 5.82. The summed E-state index contributed by atoms with van der Waals surface area (Å²) in [5.74, 6) is 0.0897. The number of pyridine rings is 2. The van der Waals surface area contributed by atoms with Gasteiger partial charge in [0.25, 0.3) is 5.56 Å². The smallest absolute Gasteiger partial charge is 0.263 e. The number of para-hydroxylation sites is 2. The van der Waals surface area contributed by atoms with Crippen LogP contribution in [0.5, 0.6) is 0 Å². The lowest BCUT2D eigenvalue weighted by Crippen LogP contribution is -2.49. The van der Waals surface area contributed by atoms with Gasteiger partial charge in [0, 0.05) is 55.5 Å². The third-order valence-electron chi connectivity index (χ3n) is 6.76. The maximum absolute atomic E-state index is 13.2. The van der Waals surface area contributed by atoms with Crippen LogP contribution in [0.4, 0.5) is 5.69 Å². The van der Waals surface area contributed by atoms with Gasteiger partial charge in [0.05, 0.1) is 11.4 Å². The second-order valence-corrected chi connectivity index (χ2v) is 8.79. The molecule has 4 heterocycles. The molecule has 0 radical (unpaired) electrons. The van der Waals surface area contributed by atoms with E-state index in [-0.39, 0.29) is 18.0 Å². The number of aromatic nitrogens is 3. The molecule has 7 heteroatoms. The van der Waals surface area contributed by atoms with E-state index in [4.69, 9.17) is 0 Å². The van der Waals surface area contributed by atoms with Gasteiger partial charge in [0.1, 0.15) is 12.2 Å². The lowest BCUT2D eigenvalue weighted by atomic mass is 10.1. The molecule has 0 N–H and O–H groups in total. The van der Waals surface area contributed by atoms with Crippen molar-refractivity contribution < 1.29 is 4.79 Å². The van der Waals surface area contributed by atoms with Crippen LogP contribution >= 0.6 is 0 Å². The van der Waals surface area contributed by atoms with E-state index in [9.17, 15) is 9.59 Å². The molecule has 0 unspecified atom stereocenters. The Kier molecular flexibility index (Phi) is 5.29. The molecule has 1 fully saturated rings. The lowest BCUT2D eigenvalue weighted by Gasteiger charge is -2.37. The zero-order chi connectivity index (χ0) is 23.8. The third-order valence-corrected chi connectivity index (χ3v) is 6.76. The average molecular weight is 464 g/mol. The Hall–Kier alpha value is -4.39.